The molecule has 1 aliphatic carbocycles. The fourth-order valence-corrected chi connectivity index (χ4v) is 4.64. The van der Waals surface area contributed by atoms with E-state index >= 15 is 0 Å². The van der Waals surface area contributed by atoms with Crippen molar-refractivity contribution in [1.82, 2.24) is 10.3 Å². The Hall–Kier alpha value is -0.450. The molecule has 0 aromatic carbocycles. The van der Waals surface area contributed by atoms with Crippen LogP contribution in [0, 0.1) is 10.8 Å². The fraction of sp³-hybridized carbons (Fsp3) is 0.812. The van der Waals surface area contributed by atoms with Crippen LogP contribution in [0.1, 0.15) is 68.8 Å². The molecule has 20 heavy (non-hydrogen) atoms. The Morgan fingerprint density at radius 3 is 2.55 bits per heavy atom. The molecule has 0 spiro atoms. The fourth-order valence-electron chi connectivity index (χ4n) is 3.12. The van der Waals surface area contributed by atoms with E-state index < -0.39 is 0 Å². The van der Waals surface area contributed by atoms with Crippen LogP contribution >= 0.6 is 11.3 Å². The largest absolute Gasteiger partial charge is 0.374 e. The van der Waals surface area contributed by atoms with Gasteiger partial charge >= 0.3 is 0 Å². The van der Waals surface area contributed by atoms with E-state index in [0.29, 0.717) is 11.5 Å². The third-order valence-corrected chi connectivity index (χ3v) is 5.31. The lowest BCUT2D eigenvalue weighted by molar-refractivity contribution is 0.0149. The van der Waals surface area contributed by atoms with Crippen molar-refractivity contribution in [3.8, 4) is 0 Å². The van der Waals surface area contributed by atoms with Crippen molar-refractivity contribution < 1.29 is 4.74 Å². The molecule has 1 heterocycles. The summed E-state index contributed by atoms with van der Waals surface area (Å²) >= 11 is 1.83. The molecule has 2 unspecified atom stereocenters. The Balaban J connectivity index is 2.40. The first-order valence-electron chi connectivity index (χ1n) is 7.37. The molecule has 0 fully saturated rings. The van der Waals surface area contributed by atoms with Crippen LogP contribution in [-0.2, 0) is 11.2 Å². The van der Waals surface area contributed by atoms with Gasteiger partial charge in [0.1, 0.15) is 11.1 Å². The maximum Gasteiger partial charge on any atom is 0.123 e. The predicted octanol–water partition coefficient (Wildman–Crippen LogP) is 4.11. The normalized spacial score (nSPS) is 23.4. The van der Waals surface area contributed by atoms with Gasteiger partial charge in [0.25, 0.3) is 0 Å². The van der Waals surface area contributed by atoms with Crippen LogP contribution in [0.4, 0.5) is 0 Å². The summed E-state index contributed by atoms with van der Waals surface area (Å²) in [5.41, 5.74) is 1.66. The Kier molecular flexibility index (Phi) is 4.30. The van der Waals surface area contributed by atoms with Crippen LogP contribution < -0.4 is 5.32 Å². The summed E-state index contributed by atoms with van der Waals surface area (Å²) in [6.45, 7) is 11.3. The summed E-state index contributed by atoms with van der Waals surface area (Å²) in [5, 5.41) is 4.58. The van der Waals surface area contributed by atoms with Gasteiger partial charge in [-0.05, 0) is 30.7 Å². The minimum Gasteiger partial charge on any atom is -0.374 e. The smallest absolute Gasteiger partial charge is 0.123 e. The van der Waals surface area contributed by atoms with E-state index in [4.69, 9.17) is 9.72 Å². The first-order valence-corrected chi connectivity index (χ1v) is 8.19. The van der Waals surface area contributed by atoms with Gasteiger partial charge in [-0.2, -0.15) is 0 Å². The number of ether oxygens (including phenoxy) is 1. The maximum atomic E-state index is 5.73. The van der Waals surface area contributed by atoms with Gasteiger partial charge in [0, 0.05) is 18.0 Å². The highest BCUT2D eigenvalue weighted by atomic mass is 32.1. The average Bonchev–Trinajstić information content (AvgIpc) is 2.68. The van der Waals surface area contributed by atoms with Gasteiger partial charge < -0.3 is 10.1 Å². The molecule has 2 rings (SSSR count). The molecule has 1 N–H and O–H groups in total. The van der Waals surface area contributed by atoms with E-state index in [1.54, 1.807) is 7.11 Å². The molecule has 0 radical (unpaired) electrons. The van der Waals surface area contributed by atoms with Crippen molar-refractivity contribution in [3.05, 3.63) is 15.6 Å². The van der Waals surface area contributed by atoms with Gasteiger partial charge in [0.15, 0.2) is 0 Å². The summed E-state index contributed by atoms with van der Waals surface area (Å²) in [5.74, 6) is 0. The van der Waals surface area contributed by atoms with E-state index in [0.717, 1.165) is 11.4 Å². The van der Waals surface area contributed by atoms with Gasteiger partial charge in [-0.15, -0.1) is 11.3 Å². The zero-order valence-electron chi connectivity index (χ0n) is 13.8. The van der Waals surface area contributed by atoms with Crippen molar-refractivity contribution in [2.45, 2.75) is 59.6 Å². The second-order valence-corrected chi connectivity index (χ2v) is 8.79. The van der Waals surface area contributed by atoms with Gasteiger partial charge in [-0.1, -0.05) is 34.6 Å². The molecule has 2 atom stereocenters. The molecule has 0 saturated carbocycles. The average molecular weight is 296 g/mol. The van der Waals surface area contributed by atoms with Crippen molar-refractivity contribution >= 4 is 11.3 Å². The Morgan fingerprint density at radius 2 is 2.05 bits per heavy atom. The minimum absolute atomic E-state index is 0.0683. The standard InChI is InChI=1S/C16H28N2OS/c1-15(2,3)13(19-7)14-18-11-9-16(4,5)8-10(17-6)12(11)20-14/h10,13,17H,8-9H2,1-7H3. The van der Waals surface area contributed by atoms with Gasteiger partial charge in [0.05, 0.1) is 5.69 Å². The molecule has 1 aromatic heterocycles. The molecule has 0 bridgehead atoms. The number of methoxy groups -OCH3 is 1. The van der Waals surface area contributed by atoms with Crippen molar-refractivity contribution in [3.63, 3.8) is 0 Å². The topological polar surface area (TPSA) is 34.2 Å². The van der Waals surface area contributed by atoms with E-state index in [-0.39, 0.29) is 11.5 Å². The zero-order chi connectivity index (χ0) is 15.1. The minimum atomic E-state index is 0.0683. The molecule has 0 aliphatic heterocycles. The Bertz CT molecular complexity index is 473. The SMILES string of the molecule is CNC1CC(C)(C)Cc2nc(C(OC)C(C)(C)C)sc21. The van der Waals surface area contributed by atoms with E-state index in [1.165, 1.54) is 17.0 Å². The highest BCUT2D eigenvalue weighted by molar-refractivity contribution is 7.12. The second kappa shape index (κ2) is 5.39. The van der Waals surface area contributed by atoms with Crippen molar-refractivity contribution in [2.75, 3.05) is 14.2 Å². The Morgan fingerprint density at radius 1 is 1.40 bits per heavy atom. The number of nitrogens with zero attached hydrogens (tertiary/aromatic N) is 1. The Labute approximate surface area is 127 Å². The lowest BCUT2D eigenvalue weighted by atomic mass is 9.76. The first-order chi connectivity index (χ1) is 9.18. The zero-order valence-corrected chi connectivity index (χ0v) is 14.6. The summed E-state index contributed by atoms with van der Waals surface area (Å²) in [6.07, 6.45) is 2.31. The van der Waals surface area contributed by atoms with Crippen molar-refractivity contribution in [2.24, 2.45) is 10.8 Å². The number of thiazole rings is 1. The lowest BCUT2D eigenvalue weighted by Crippen LogP contribution is -2.30. The number of hydrogen-bond donors (Lipinski definition) is 1. The number of fused-ring (bicyclic) bond motifs is 1. The monoisotopic (exact) mass is 296 g/mol. The molecule has 3 nitrogen and oxygen atoms in total. The second-order valence-electron chi connectivity index (χ2n) is 7.73. The molecule has 114 valence electrons. The van der Waals surface area contributed by atoms with E-state index in [1.807, 2.05) is 18.4 Å². The maximum absolute atomic E-state index is 5.73. The van der Waals surface area contributed by atoms with Gasteiger partial charge in [0.2, 0.25) is 0 Å². The number of nitrogens with one attached hydrogen (secondary N) is 1. The van der Waals surface area contributed by atoms with Crippen LogP contribution in [0.15, 0.2) is 0 Å². The first kappa shape index (κ1) is 15.9. The molecule has 4 heteroatoms. The van der Waals surface area contributed by atoms with Gasteiger partial charge in [-0.3, -0.25) is 0 Å². The molecule has 1 aliphatic rings. The number of aromatic nitrogens is 1. The molecular weight excluding hydrogens is 268 g/mol. The molecule has 0 saturated heterocycles. The van der Waals surface area contributed by atoms with Crippen molar-refractivity contribution in [1.29, 1.82) is 0 Å². The molecule has 0 amide bonds. The van der Waals surface area contributed by atoms with Crippen LogP contribution in [0.2, 0.25) is 0 Å². The predicted molar refractivity (Wildman–Crippen MR) is 85.2 cm³/mol. The van der Waals surface area contributed by atoms with Gasteiger partial charge in [-0.25, -0.2) is 4.98 Å². The molecule has 1 aromatic rings. The quantitative estimate of drug-likeness (QED) is 0.911. The third kappa shape index (κ3) is 3.07. The van der Waals surface area contributed by atoms with Crippen LogP contribution in [0.5, 0.6) is 0 Å². The van der Waals surface area contributed by atoms with Crippen LogP contribution in [-0.4, -0.2) is 19.1 Å². The van der Waals surface area contributed by atoms with E-state index in [2.05, 4.69) is 39.9 Å². The van der Waals surface area contributed by atoms with E-state index in [9.17, 15) is 0 Å². The highest BCUT2D eigenvalue weighted by Gasteiger charge is 2.37. The summed E-state index contributed by atoms with van der Waals surface area (Å²) in [4.78, 5) is 6.35. The summed E-state index contributed by atoms with van der Waals surface area (Å²) < 4.78 is 5.73. The highest BCUT2D eigenvalue weighted by Crippen LogP contribution is 2.46. The molecular formula is C16H28N2OS. The number of rotatable bonds is 3. The van der Waals surface area contributed by atoms with Crippen LogP contribution in [0.3, 0.4) is 0 Å². The summed E-state index contributed by atoms with van der Waals surface area (Å²) in [7, 11) is 3.84. The van der Waals surface area contributed by atoms with Crippen LogP contribution in [0.25, 0.3) is 0 Å². The lowest BCUT2D eigenvalue weighted by Gasteiger charge is -2.34. The number of hydrogen-bond acceptors (Lipinski definition) is 4. The third-order valence-electron chi connectivity index (χ3n) is 4.06. The summed E-state index contributed by atoms with van der Waals surface area (Å²) in [6, 6.07) is 0.428.